The Bertz CT molecular complexity index is 303. The van der Waals surface area contributed by atoms with Gasteiger partial charge in [0, 0.05) is 0 Å². The van der Waals surface area contributed by atoms with Gasteiger partial charge < -0.3 is 29.6 Å². The third-order valence-electron chi connectivity index (χ3n) is 4.10. The highest BCUT2D eigenvalue weighted by Crippen LogP contribution is 2.37. The minimum Gasteiger partial charge on any atom is -0.414 e. The van der Waals surface area contributed by atoms with Crippen LogP contribution in [0, 0.1) is 0 Å². The summed E-state index contributed by atoms with van der Waals surface area (Å²) >= 11 is 0. The predicted octanol–water partition coefficient (Wildman–Crippen LogP) is -0.192. The largest absolute Gasteiger partial charge is 0.414 e. The Morgan fingerprint density at radius 2 is 1.53 bits per heavy atom. The predicted molar refractivity (Wildman–Crippen MR) is 72.0 cm³/mol. The molecular weight excluding hydrogens is 268 g/mol. The van der Waals surface area contributed by atoms with E-state index in [1.807, 2.05) is 0 Å². The van der Waals surface area contributed by atoms with E-state index in [1.165, 1.54) is 0 Å². The van der Waals surface area contributed by atoms with Gasteiger partial charge in [0.05, 0.1) is 6.61 Å². The highest BCUT2D eigenvalue weighted by molar-refractivity contribution is 6.74. The molecule has 7 heteroatoms. The Morgan fingerprint density at radius 3 is 2.00 bits per heavy atom. The first-order valence-corrected chi connectivity index (χ1v) is 9.40. The monoisotopic (exact) mass is 294 g/mol. The molecule has 0 bridgehead atoms. The van der Waals surface area contributed by atoms with Crippen LogP contribution in [-0.2, 0) is 9.16 Å². The number of ether oxygens (including phenoxy) is 1. The Balaban J connectivity index is 2.63. The molecule has 5 atom stereocenters. The van der Waals surface area contributed by atoms with E-state index >= 15 is 0 Å². The molecular formula is C12H26O6Si. The van der Waals surface area contributed by atoms with Crippen molar-refractivity contribution in [2.24, 2.45) is 0 Å². The zero-order valence-corrected chi connectivity index (χ0v) is 13.2. The van der Waals surface area contributed by atoms with Crippen LogP contribution in [0.5, 0.6) is 0 Å². The molecule has 1 heterocycles. The lowest BCUT2D eigenvalue weighted by atomic mass is 10.00. The topological polar surface area (TPSA) is 99.4 Å². The van der Waals surface area contributed by atoms with Gasteiger partial charge in [-0.25, -0.2) is 0 Å². The first-order chi connectivity index (χ1) is 8.47. The summed E-state index contributed by atoms with van der Waals surface area (Å²) in [5.41, 5.74) is 0. The van der Waals surface area contributed by atoms with Gasteiger partial charge in [0.2, 0.25) is 0 Å². The van der Waals surface area contributed by atoms with Crippen molar-refractivity contribution < 1.29 is 29.6 Å². The Kier molecular flexibility index (Phi) is 5.17. The summed E-state index contributed by atoms with van der Waals surface area (Å²) in [6.07, 6.45) is -6.56. The molecule has 114 valence electrons. The lowest BCUT2D eigenvalue weighted by Gasteiger charge is -2.41. The highest BCUT2D eigenvalue weighted by Gasteiger charge is 2.45. The minimum absolute atomic E-state index is 0.0172. The minimum atomic E-state index is -2.00. The van der Waals surface area contributed by atoms with Gasteiger partial charge in [-0.1, -0.05) is 20.8 Å². The van der Waals surface area contributed by atoms with Crippen molar-refractivity contribution in [2.45, 2.75) is 69.6 Å². The molecule has 1 aliphatic heterocycles. The van der Waals surface area contributed by atoms with Gasteiger partial charge in [-0.2, -0.15) is 0 Å². The zero-order valence-electron chi connectivity index (χ0n) is 12.2. The number of aliphatic hydroxyl groups is 4. The lowest BCUT2D eigenvalue weighted by molar-refractivity contribution is -0.285. The SMILES string of the molecule is CC(C)(C)[Si](C)(C)OC[C@@H]1O[C@@H](O)[C@H](O)[C@H](O)[C@H]1O. The fourth-order valence-electron chi connectivity index (χ4n) is 1.58. The van der Waals surface area contributed by atoms with E-state index in [0.29, 0.717) is 0 Å². The van der Waals surface area contributed by atoms with Gasteiger partial charge in [-0.3, -0.25) is 0 Å². The van der Waals surface area contributed by atoms with Gasteiger partial charge in [0.1, 0.15) is 24.4 Å². The summed E-state index contributed by atoms with van der Waals surface area (Å²) in [5, 5.41) is 38.2. The van der Waals surface area contributed by atoms with Crippen LogP contribution in [0.4, 0.5) is 0 Å². The van der Waals surface area contributed by atoms with Crippen LogP contribution in [-0.4, -0.2) is 66.1 Å². The van der Waals surface area contributed by atoms with Crippen molar-refractivity contribution in [3.05, 3.63) is 0 Å². The molecule has 0 unspecified atom stereocenters. The number of hydrogen-bond acceptors (Lipinski definition) is 6. The third-order valence-corrected chi connectivity index (χ3v) is 8.60. The van der Waals surface area contributed by atoms with Gasteiger partial charge in [-0.05, 0) is 18.1 Å². The van der Waals surface area contributed by atoms with Crippen molar-refractivity contribution in [2.75, 3.05) is 6.61 Å². The Morgan fingerprint density at radius 1 is 1.00 bits per heavy atom. The van der Waals surface area contributed by atoms with Crippen LogP contribution in [0.2, 0.25) is 18.1 Å². The van der Waals surface area contributed by atoms with Crippen molar-refractivity contribution in [3.63, 3.8) is 0 Å². The molecule has 4 N–H and O–H groups in total. The fraction of sp³-hybridized carbons (Fsp3) is 1.00. The van der Waals surface area contributed by atoms with Crippen LogP contribution >= 0.6 is 0 Å². The van der Waals surface area contributed by atoms with Crippen molar-refractivity contribution in [1.29, 1.82) is 0 Å². The van der Waals surface area contributed by atoms with E-state index in [4.69, 9.17) is 9.16 Å². The molecule has 0 aromatic carbocycles. The van der Waals surface area contributed by atoms with Crippen molar-refractivity contribution in [1.82, 2.24) is 0 Å². The highest BCUT2D eigenvalue weighted by atomic mass is 28.4. The number of aliphatic hydroxyl groups excluding tert-OH is 4. The van der Waals surface area contributed by atoms with Crippen LogP contribution in [0.3, 0.4) is 0 Å². The standard InChI is InChI=1S/C12H26O6Si/c1-12(2,3)19(4,5)17-6-7-8(13)9(14)10(15)11(16)18-7/h7-11,13-16H,6H2,1-5H3/t7-,8-,9+,10+,11+/m0/s1. The molecule has 0 radical (unpaired) electrons. The summed E-state index contributed by atoms with van der Waals surface area (Å²) in [6.45, 7) is 10.5. The first kappa shape index (κ1) is 17.0. The third kappa shape index (κ3) is 3.75. The van der Waals surface area contributed by atoms with Crippen molar-refractivity contribution in [3.8, 4) is 0 Å². The Labute approximate surface area is 115 Å². The summed E-state index contributed by atoms with van der Waals surface area (Å²) < 4.78 is 11.0. The van der Waals surface area contributed by atoms with E-state index in [2.05, 4.69) is 33.9 Å². The first-order valence-electron chi connectivity index (χ1n) is 6.49. The molecule has 0 aliphatic carbocycles. The van der Waals surface area contributed by atoms with Gasteiger partial charge in [-0.15, -0.1) is 0 Å². The molecule has 1 rings (SSSR count). The van der Waals surface area contributed by atoms with Gasteiger partial charge in [0.25, 0.3) is 0 Å². The number of hydrogen-bond donors (Lipinski definition) is 4. The van der Waals surface area contributed by atoms with E-state index < -0.39 is 39.0 Å². The second-order valence-corrected chi connectivity index (χ2v) is 11.4. The van der Waals surface area contributed by atoms with Crippen LogP contribution in [0.15, 0.2) is 0 Å². The van der Waals surface area contributed by atoms with E-state index in [9.17, 15) is 20.4 Å². The summed E-state index contributed by atoms with van der Waals surface area (Å²) in [6, 6.07) is 0. The Hall–Kier alpha value is -0.0231. The average molecular weight is 294 g/mol. The molecule has 1 saturated heterocycles. The van der Waals surface area contributed by atoms with Crippen LogP contribution in [0.25, 0.3) is 0 Å². The molecule has 1 aliphatic rings. The molecule has 6 nitrogen and oxygen atoms in total. The quantitative estimate of drug-likeness (QED) is 0.538. The molecule has 19 heavy (non-hydrogen) atoms. The van der Waals surface area contributed by atoms with Gasteiger partial charge >= 0.3 is 0 Å². The number of rotatable bonds is 3. The lowest BCUT2D eigenvalue weighted by Crippen LogP contribution is -2.59. The second-order valence-electron chi connectivity index (χ2n) is 6.61. The van der Waals surface area contributed by atoms with Crippen LogP contribution < -0.4 is 0 Å². The molecule has 1 fully saturated rings. The molecule has 0 aromatic rings. The van der Waals surface area contributed by atoms with Gasteiger partial charge in [0.15, 0.2) is 14.6 Å². The van der Waals surface area contributed by atoms with Crippen molar-refractivity contribution >= 4 is 8.32 Å². The maximum absolute atomic E-state index is 9.81. The van der Waals surface area contributed by atoms with E-state index in [0.717, 1.165) is 0 Å². The molecule has 0 spiro atoms. The van der Waals surface area contributed by atoms with E-state index in [1.54, 1.807) is 0 Å². The molecule has 0 aromatic heterocycles. The van der Waals surface area contributed by atoms with E-state index in [-0.39, 0.29) is 11.6 Å². The smallest absolute Gasteiger partial charge is 0.192 e. The molecule has 0 saturated carbocycles. The fourth-order valence-corrected chi connectivity index (χ4v) is 2.59. The second kappa shape index (κ2) is 5.77. The maximum atomic E-state index is 9.81. The summed E-state index contributed by atoms with van der Waals surface area (Å²) in [4.78, 5) is 0. The zero-order chi connectivity index (χ0) is 15.0. The normalized spacial score (nSPS) is 37.4. The van der Waals surface area contributed by atoms with Crippen LogP contribution in [0.1, 0.15) is 20.8 Å². The average Bonchev–Trinajstić information content (AvgIpc) is 2.28. The summed E-state index contributed by atoms with van der Waals surface area (Å²) in [7, 11) is -2.00. The summed E-state index contributed by atoms with van der Waals surface area (Å²) in [5.74, 6) is 0. The molecule has 0 amide bonds. The maximum Gasteiger partial charge on any atom is 0.192 e.